The van der Waals surface area contributed by atoms with Crippen LogP contribution in [-0.4, -0.2) is 41.5 Å². The van der Waals surface area contributed by atoms with E-state index in [1.54, 1.807) is 7.11 Å². The highest BCUT2D eigenvalue weighted by Crippen LogP contribution is 2.34. The van der Waals surface area contributed by atoms with Crippen molar-refractivity contribution in [1.29, 1.82) is 0 Å². The number of aromatic nitrogens is 2. The van der Waals surface area contributed by atoms with Crippen molar-refractivity contribution in [3.63, 3.8) is 0 Å². The highest BCUT2D eigenvalue weighted by Gasteiger charge is 2.32. The first-order chi connectivity index (χ1) is 8.81. The zero-order valence-corrected chi connectivity index (χ0v) is 11.4. The maximum atomic E-state index is 5.41. The fourth-order valence-corrected chi connectivity index (χ4v) is 3.12. The van der Waals surface area contributed by atoms with Crippen molar-refractivity contribution in [2.75, 3.05) is 26.8 Å². The molecule has 1 saturated carbocycles. The summed E-state index contributed by atoms with van der Waals surface area (Å²) in [5.41, 5.74) is 2.82. The Balaban J connectivity index is 1.80. The lowest BCUT2D eigenvalue weighted by Crippen LogP contribution is -2.37. The number of fused-ring (bicyclic) bond motifs is 1. The van der Waals surface area contributed by atoms with E-state index in [0.29, 0.717) is 5.92 Å². The van der Waals surface area contributed by atoms with Gasteiger partial charge < -0.3 is 4.74 Å². The molecule has 0 unspecified atom stereocenters. The second-order valence-corrected chi connectivity index (χ2v) is 5.66. The van der Waals surface area contributed by atoms with Gasteiger partial charge in [0.05, 0.1) is 12.8 Å². The highest BCUT2D eigenvalue weighted by atomic mass is 16.5. The maximum Gasteiger partial charge on any atom is 0.0558 e. The third-order valence-corrected chi connectivity index (χ3v) is 4.10. The molecule has 0 saturated heterocycles. The van der Waals surface area contributed by atoms with Gasteiger partial charge in [-0.15, -0.1) is 0 Å². The molecule has 1 aromatic rings. The molecule has 0 spiro atoms. The van der Waals surface area contributed by atoms with Gasteiger partial charge in [-0.1, -0.05) is 0 Å². The SMILES string of the molecule is CCn1ncc2c1[C@H](COC)CN(CC1CC1)C2. The Morgan fingerprint density at radius 1 is 1.44 bits per heavy atom. The summed E-state index contributed by atoms with van der Waals surface area (Å²) in [6.07, 6.45) is 4.90. The molecule has 4 nitrogen and oxygen atoms in total. The first kappa shape index (κ1) is 12.2. The molecule has 0 radical (unpaired) electrons. The number of rotatable bonds is 5. The topological polar surface area (TPSA) is 30.3 Å². The van der Waals surface area contributed by atoms with E-state index in [-0.39, 0.29) is 0 Å². The van der Waals surface area contributed by atoms with Crippen LogP contribution in [0.4, 0.5) is 0 Å². The van der Waals surface area contributed by atoms with Gasteiger partial charge in [0.2, 0.25) is 0 Å². The quantitative estimate of drug-likeness (QED) is 0.798. The van der Waals surface area contributed by atoms with Crippen molar-refractivity contribution in [3.05, 3.63) is 17.5 Å². The van der Waals surface area contributed by atoms with Crippen LogP contribution in [0.5, 0.6) is 0 Å². The third-order valence-electron chi connectivity index (χ3n) is 4.10. The molecule has 0 bridgehead atoms. The van der Waals surface area contributed by atoms with E-state index in [2.05, 4.69) is 27.8 Å². The fourth-order valence-electron chi connectivity index (χ4n) is 3.12. The lowest BCUT2D eigenvalue weighted by Gasteiger charge is -2.33. The predicted octanol–water partition coefficient (Wildman–Crippen LogP) is 1.86. The zero-order chi connectivity index (χ0) is 12.5. The van der Waals surface area contributed by atoms with E-state index >= 15 is 0 Å². The van der Waals surface area contributed by atoms with Crippen LogP contribution in [0.2, 0.25) is 0 Å². The lowest BCUT2D eigenvalue weighted by atomic mass is 9.96. The van der Waals surface area contributed by atoms with Gasteiger partial charge in [0.15, 0.2) is 0 Å². The van der Waals surface area contributed by atoms with Crippen LogP contribution in [-0.2, 0) is 17.8 Å². The number of nitrogens with zero attached hydrogens (tertiary/aromatic N) is 3. The van der Waals surface area contributed by atoms with E-state index in [1.807, 2.05) is 0 Å². The molecule has 0 amide bonds. The van der Waals surface area contributed by atoms with Gasteiger partial charge in [-0.25, -0.2) is 0 Å². The molecule has 1 aromatic heterocycles. The largest absolute Gasteiger partial charge is 0.384 e. The maximum absolute atomic E-state index is 5.41. The van der Waals surface area contributed by atoms with E-state index in [9.17, 15) is 0 Å². The predicted molar refractivity (Wildman–Crippen MR) is 70.5 cm³/mol. The van der Waals surface area contributed by atoms with Gasteiger partial charge in [-0.05, 0) is 25.7 Å². The molecule has 1 fully saturated rings. The molecule has 100 valence electrons. The molecule has 3 rings (SSSR count). The van der Waals surface area contributed by atoms with Gasteiger partial charge in [0, 0.05) is 50.5 Å². The van der Waals surface area contributed by atoms with Gasteiger partial charge in [-0.2, -0.15) is 5.10 Å². The van der Waals surface area contributed by atoms with E-state index in [1.165, 1.54) is 30.6 Å². The second-order valence-electron chi connectivity index (χ2n) is 5.66. The Labute approximate surface area is 109 Å². The Bertz CT molecular complexity index is 411. The molecule has 1 atom stereocenters. The van der Waals surface area contributed by atoms with Gasteiger partial charge in [0.1, 0.15) is 0 Å². The molecule has 4 heteroatoms. The van der Waals surface area contributed by atoms with Crippen molar-refractivity contribution in [1.82, 2.24) is 14.7 Å². The van der Waals surface area contributed by atoms with Crippen LogP contribution >= 0.6 is 0 Å². The van der Waals surface area contributed by atoms with Crippen LogP contribution in [0.25, 0.3) is 0 Å². The summed E-state index contributed by atoms with van der Waals surface area (Å²) < 4.78 is 7.55. The van der Waals surface area contributed by atoms with Crippen molar-refractivity contribution in [2.45, 2.75) is 38.8 Å². The lowest BCUT2D eigenvalue weighted by molar-refractivity contribution is 0.133. The van der Waals surface area contributed by atoms with Crippen molar-refractivity contribution in [2.24, 2.45) is 5.92 Å². The fraction of sp³-hybridized carbons (Fsp3) is 0.786. The van der Waals surface area contributed by atoms with Gasteiger partial charge >= 0.3 is 0 Å². The number of aryl methyl sites for hydroxylation is 1. The van der Waals surface area contributed by atoms with Gasteiger partial charge in [-0.3, -0.25) is 9.58 Å². The van der Waals surface area contributed by atoms with Crippen molar-refractivity contribution < 1.29 is 4.74 Å². The minimum absolute atomic E-state index is 0.486. The highest BCUT2D eigenvalue weighted by molar-refractivity contribution is 5.25. The van der Waals surface area contributed by atoms with Crippen LogP contribution in [0.3, 0.4) is 0 Å². The number of hydrogen-bond donors (Lipinski definition) is 0. The summed E-state index contributed by atoms with van der Waals surface area (Å²) >= 11 is 0. The van der Waals surface area contributed by atoms with Crippen LogP contribution in [0, 0.1) is 5.92 Å². The van der Waals surface area contributed by atoms with E-state index in [0.717, 1.165) is 32.2 Å². The van der Waals surface area contributed by atoms with Crippen molar-refractivity contribution >= 4 is 0 Å². The number of methoxy groups -OCH3 is 1. The Morgan fingerprint density at radius 3 is 2.94 bits per heavy atom. The third kappa shape index (κ3) is 2.31. The van der Waals surface area contributed by atoms with Crippen LogP contribution in [0.1, 0.15) is 36.9 Å². The standard InChI is InChI=1S/C14H23N3O/c1-3-17-14-12(6-15-17)8-16(7-11-4-5-11)9-13(14)10-18-2/h6,11,13H,3-5,7-10H2,1-2H3/t13-/m0/s1. The average Bonchev–Trinajstić information content (AvgIpc) is 3.07. The Morgan fingerprint density at radius 2 is 2.28 bits per heavy atom. The molecule has 0 N–H and O–H groups in total. The normalized spacial score (nSPS) is 24.2. The Hall–Kier alpha value is -0.870. The first-order valence-corrected chi connectivity index (χ1v) is 7.07. The molecule has 18 heavy (non-hydrogen) atoms. The summed E-state index contributed by atoms with van der Waals surface area (Å²) in [5, 5.41) is 4.51. The second kappa shape index (κ2) is 5.02. The minimum atomic E-state index is 0.486. The summed E-state index contributed by atoms with van der Waals surface area (Å²) in [6, 6.07) is 0. The number of ether oxygens (including phenoxy) is 1. The molecule has 2 aliphatic rings. The summed E-state index contributed by atoms with van der Waals surface area (Å²) in [4.78, 5) is 2.59. The van der Waals surface area contributed by atoms with Gasteiger partial charge in [0.25, 0.3) is 0 Å². The van der Waals surface area contributed by atoms with Crippen LogP contribution in [0.15, 0.2) is 6.20 Å². The van der Waals surface area contributed by atoms with E-state index in [4.69, 9.17) is 4.74 Å². The smallest absolute Gasteiger partial charge is 0.0558 e. The molecule has 1 aliphatic heterocycles. The average molecular weight is 249 g/mol. The van der Waals surface area contributed by atoms with Crippen LogP contribution < -0.4 is 0 Å². The molecule has 0 aromatic carbocycles. The van der Waals surface area contributed by atoms with E-state index < -0.39 is 0 Å². The monoisotopic (exact) mass is 249 g/mol. The molecular formula is C14H23N3O. The summed E-state index contributed by atoms with van der Waals surface area (Å²) in [6.45, 7) is 7.39. The summed E-state index contributed by atoms with van der Waals surface area (Å²) in [7, 11) is 1.80. The zero-order valence-electron chi connectivity index (χ0n) is 11.4. The minimum Gasteiger partial charge on any atom is -0.384 e. The number of hydrogen-bond acceptors (Lipinski definition) is 3. The Kier molecular flexibility index (Phi) is 3.39. The first-order valence-electron chi connectivity index (χ1n) is 7.07. The molecular weight excluding hydrogens is 226 g/mol. The molecule has 1 aliphatic carbocycles. The summed E-state index contributed by atoms with van der Waals surface area (Å²) in [5.74, 6) is 1.44. The van der Waals surface area contributed by atoms with Crippen molar-refractivity contribution in [3.8, 4) is 0 Å². The molecule has 2 heterocycles.